The van der Waals surface area contributed by atoms with Gasteiger partial charge in [0.05, 0.1) is 22.3 Å². The van der Waals surface area contributed by atoms with Crippen molar-refractivity contribution in [3.63, 3.8) is 0 Å². The molecular formula is C25H20O10. The fourth-order valence-corrected chi connectivity index (χ4v) is 3.31. The van der Waals surface area contributed by atoms with Crippen molar-refractivity contribution in [3.05, 3.63) is 93.5 Å². The Morgan fingerprint density at radius 3 is 1.14 bits per heavy atom. The van der Waals surface area contributed by atoms with E-state index in [1.807, 2.05) is 19.1 Å². The molecule has 0 saturated carbocycles. The van der Waals surface area contributed by atoms with Gasteiger partial charge in [0.1, 0.15) is 24.7 Å². The number of carboxylic acid groups (broad SMARTS) is 4. The lowest BCUT2D eigenvalue weighted by Crippen LogP contribution is -2.06. The first kappa shape index (κ1) is 24.8. The lowest BCUT2D eigenvalue weighted by Gasteiger charge is -2.12. The fourth-order valence-electron chi connectivity index (χ4n) is 3.31. The molecule has 0 saturated heterocycles. The predicted molar refractivity (Wildman–Crippen MR) is 121 cm³/mol. The molecule has 0 unspecified atom stereocenters. The third-order valence-corrected chi connectivity index (χ3v) is 4.81. The summed E-state index contributed by atoms with van der Waals surface area (Å²) in [5.41, 5.74) is 1.34. The largest absolute Gasteiger partial charge is 0.489 e. The second-order valence-corrected chi connectivity index (χ2v) is 7.62. The lowest BCUT2D eigenvalue weighted by molar-refractivity contribution is 0.0675. The summed E-state index contributed by atoms with van der Waals surface area (Å²) in [5.74, 6) is -4.99. The third kappa shape index (κ3) is 6.57. The maximum absolute atomic E-state index is 11.3. The van der Waals surface area contributed by atoms with Crippen LogP contribution in [0.25, 0.3) is 0 Å². The summed E-state index contributed by atoms with van der Waals surface area (Å²) in [6.07, 6.45) is 0. The van der Waals surface area contributed by atoms with Crippen molar-refractivity contribution in [2.45, 2.75) is 20.1 Å². The van der Waals surface area contributed by atoms with Crippen LogP contribution < -0.4 is 9.47 Å². The summed E-state index contributed by atoms with van der Waals surface area (Å²) in [6.45, 7) is 1.84. The quantitative estimate of drug-likeness (QED) is 0.333. The second kappa shape index (κ2) is 10.4. The molecule has 3 rings (SSSR count). The Balaban J connectivity index is 1.77. The van der Waals surface area contributed by atoms with E-state index in [-0.39, 0.29) is 47.0 Å². The van der Waals surface area contributed by atoms with Crippen LogP contribution in [0.4, 0.5) is 0 Å². The molecule has 0 aliphatic carbocycles. The van der Waals surface area contributed by atoms with Crippen LogP contribution in [-0.4, -0.2) is 44.3 Å². The number of carboxylic acids is 4. The highest BCUT2D eigenvalue weighted by Gasteiger charge is 2.14. The molecule has 3 aromatic carbocycles. The minimum atomic E-state index is -1.29. The molecule has 180 valence electrons. The van der Waals surface area contributed by atoms with Crippen molar-refractivity contribution in [1.29, 1.82) is 0 Å². The number of carbonyl (C=O) groups is 4. The number of aryl methyl sites for hydroxylation is 1. The standard InChI is InChI=1S/C25H20O10/c1-13-2-14(11-34-20-7-16(22(26)27)5-17(8-20)23(28)29)4-15(3-13)12-35-21-9-18(24(30)31)6-19(10-21)25(32)33/h2-10H,11-12H2,1H3,(H,26,27)(H,28,29)(H,30,31)(H,32,33). The minimum absolute atomic E-state index is 0.00841. The van der Waals surface area contributed by atoms with Gasteiger partial charge in [-0.3, -0.25) is 0 Å². The van der Waals surface area contributed by atoms with Gasteiger partial charge in [0.25, 0.3) is 0 Å². The molecule has 4 N–H and O–H groups in total. The normalized spacial score (nSPS) is 10.4. The number of ether oxygens (including phenoxy) is 2. The summed E-state index contributed by atoms with van der Waals surface area (Å²) in [4.78, 5) is 45.1. The molecule has 35 heavy (non-hydrogen) atoms. The minimum Gasteiger partial charge on any atom is -0.489 e. The summed E-state index contributed by atoms with van der Waals surface area (Å²) < 4.78 is 11.3. The highest BCUT2D eigenvalue weighted by atomic mass is 16.5. The summed E-state index contributed by atoms with van der Waals surface area (Å²) in [6, 6.07) is 12.4. The zero-order valence-electron chi connectivity index (χ0n) is 18.3. The molecule has 10 nitrogen and oxygen atoms in total. The molecule has 10 heteroatoms. The van der Waals surface area contributed by atoms with Crippen LogP contribution in [0.1, 0.15) is 58.1 Å². The highest BCUT2D eigenvalue weighted by molar-refractivity contribution is 5.95. The topological polar surface area (TPSA) is 168 Å². The molecular weight excluding hydrogens is 460 g/mol. The van der Waals surface area contributed by atoms with E-state index in [4.69, 9.17) is 9.47 Å². The zero-order valence-corrected chi connectivity index (χ0v) is 18.3. The Morgan fingerprint density at radius 2 is 0.857 bits per heavy atom. The van der Waals surface area contributed by atoms with Crippen LogP contribution in [0.5, 0.6) is 11.5 Å². The SMILES string of the molecule is Cc1cc(COc2cc(C(=O)O)cc(C(=O)O)c2)cc(COc2cc(C(=O)O)cc(C(=O)O)c2)c1. The second-order valence-electron chi connectivity index (χ2n) is 7.62. The molecule has 0 bridgehead atoms. The van der Waals surface area contributed by atoms with Crippen LogP contribution >= 0.6 is 0 Å². The van der Waals surface area contributed by atoms with Crippen molar-refractivity contribution in [2.24, 2.45) is 0 Å². The molecule has 0 heterocycles. The first-order valence-electron chi connectivity index (χ1n) is 10.1. The van der Waals surface area contributed by atoms with E-state index in [0.29, 0.717) is 11.1 Å². The third-order valence-electron chi connectivity index (χ3n) is 4.81. The Hall–Kier alpha value is -4.86. The van der Waals surface area contributed by atoms with E-state index >= 15 is 0 Å². The van der Waals surface area contributed by atoms with Crippen LogP contribution in [0.2, 0.25) is 0 Å². The molecule has 0 amide bonds. The summed E-state index contributed by atoms with van der Waals surface area (Å²) in [7, 11) is 0. The van der Waals surface area contributed by atoms with Crippen LogP contribution in [-0.2, 0) is 13.2 Å². The smallest absolute Gasteiger partial charge is 0.335 e. The zero-order chi connectivity index (χ0) is 25.7. The van der Waals surface area contributed by atoms with E-state index in [1.165, 1.54) is 24.3 Å². The van der Waals surface area contributed by atoms with E-state index in [1.54, 1.807) is 6.07 Å². The summed E-state index contributed by atoms with van der Waals surface area (Å²) >= 11 is 0. The van der Waals surface area contributed by atoms with Crippen LogP contribution in [0.3, 0.4) is 0 Å². The maximum Gasteiger partial charge on any atom is 0.335 e. The average Bonchev–Trinajstić information content (AvgIpc) is 2.80. The van der Waals surface area contributed by atoms with Gasteiger partial charge >= 0.3 is 23.9 Å². The number of rotatable bonds is 10. The van der Waals surface area contributed by atoms with Gasteiger partial charge in [-0.15, -0.1) is 0 Å². The summed E-state index contributed by atoms with van der Waals surface area (Å²) in [5, 5.41) is 36.8. The Kier molecular flexibility index (Phi) is 7.35. The fraction of sp³-hybridized carbons (Fsp3) is 0.120. The first-order chi connectivity index (χ1) is 16.5. The molecule has 0 fully saturated rings. The van der Waals surface area contributed by atoms with Gasteiger partial charge in [0, 0.05) is 0 Å². The van der Waals surface area contributed by atoms with E-state index in [2.05, 4.69) is 0 Å². The number of aromatic carboxylic acids is 4. The molecule has 0 atom stereocenters. The Bertz CT molecular complexity index is 1160. The number of hydrogen-bond donors (Lipinski definition) is 4. The van der Waals surface area contributed by atoms with Gasteiger partial charge in [-0.1, -0.05) is 17.7 Å². The van der Waals surface area contributed by atoms with Crippen molar-refractivity contribution < 1.29 is 49.1 Å². The Morgan fingerprint density at radius 1 is 0.543 bits per heavy atom. The molecule has 0 radical (unpaired) electrons. The maximum atomic E-state index is 11.3. The van der Waals surface area contributed by atoms with Gasteiger partial charge in [0.2, 0.25) is 0 Å². The monoisotopic (exact) mass is 480 g/mol. The lowest BCUT2D eigenvalue weighted by atomic mass is 10.1. The van der Waals surface area contributed by atoms with E-state index in [0.717, 1.165) is 17.7 Å². The molecule has 0 aliphatic rings. The van der Waals surface area contributed by atoms with Crippen LogP contribution in [0, 0.1) is 6.92 Å². The average molecular weight is 480 g/mol. The van der Waals surface area contributed by atoms with E-state index in [9.17, 15) is 39.6 Å². The Labute approximate surface area is 198 Å². The molecule has 0 aliphatic heterocycles. The molecule has 3 aromatic rings. The first-order valence-corrected chi connectivity index (χ1v) is 10.1. The van der Waals surface area contributed by atoms with E-state index < -0.39 is 23.9 Å². The van der Waals surface area contributed by atoms with Crippen molar-refractivity contribution >= 4 is 23.9 Å². The van der Waals surface area contributed by atoms with Gasteiger partial charge in [0.15, 0.2) is 0 Å². The highest BCUT2D eigenvalue weighted by Crippen LogP contribution is 2.22. The van der Waals surface area contributed by atoms with Crippen molar-refractivity contribution in [1.82, 2.24) is 0 Å². The van der Waals surface area contributed by atoms with Gasteiger partial charge in [-0.25, -0.2) is 19.2 Å². The van der Waals surface area contributed by atoms with Crippen molar-refractivity contribution in [3.8, 4) is 11.5 Å². The predicted octanol–water partition coefficient (Wildman–Crippen LogP) is 3.95. The molecule has 0 spiro atoms. The van der Waals surface area contributed by atoms with Gasteiger partial charge in [-0.05, 0) is 60.5 Å². The van der Waals surface area contributed by atoms with Gasteiger partial charge < -0.3 is 29.9 Å². The van der Waals surface area contributed by atoms with Gasteiger partial charge in [-0.2, -0.15) is 0 Å². The van der Waals surface area contributed by atoms with Crippen molar-refractivity contribution in [2.75, 3.05) is 0 Å². The molecule has 0 aromatic heterocycles. The van der Waals surface area contributed by atoms with Crippen LogP contribution in [0.15, 0.2) is 54.6 Å². The number of benzene rings is 3. The number of hydrogen-bond acceptors (Lipinski definition) is 6.